The molecule has 1 amide bonds. The summed E-state index contributed by atoms with van der Waals surface area (Å²) < 4.78 is 1.56. The van der Waals surface area contributed by atoms with Crippen molar-refractivity contribution in [1.29, 1.82) is 0 Å². The molecule has 2 aromatic carbocycles. The van der Waals surface area contributed by atoms with Crippen LogP contribution in [0.15, 0.2) is 53.5 Å². The summed E-state index contributed by atoms with van der Waals surface area (Å²) in [7, 11) is 0. The Labute approximate surface area is 146 Å². The maximum atomic E-state index is 12.5. The number of nitrogens with one attached hydrogen (secondary N) is 1. The Balaban J connectivity index is 1.80. The second-order valence-corrected chi connectivity index (χ2v) is 6.33. The minimum atomic E-state index is -0.144. The molecule has 0 bridgehead atoms. The SMILES string of the molecule is Cc1ccc(C)c(C(C)NC(=O)Cn2ncc(=O)c3ccccc32)c1. The summed E-state index contributed by atoms with van der Waals surface area (Å²) in [6.07, 6.45) is 1.25. The van der Waals surface area contributed by atoms with Gasteiger partial charge in [0.1, 0.15) is 6.54 Å². The van der Waals surface area contributed by atoms with Crippen LogP contribution in [0, 0.1) is 13.8 Å². The highest BCUT2D eigenvalue weighted by Crippen LogP contribution is 2.19. The third kappa shape index (κ3) is 3.60. The van der Waals surface area contributed by atoms with E-state index in [1.54, 1.807) is 22.9 Å². The molecule has 128 valence electrons. The van der Waals surface area contributed by atoms with E-state index in [-0.39, 0.29) is 23.9 Å². The van der Waals surface area contributed by atoms with Crippen LogP contribution >= 0.6 is 0 Å². The summed E-state index contributed by atoms with van der Waals surface area (Å²) in [5, 5.41) is 7.68. The van der Waals surface area contributed by atoms with E-state index < -0.39 is 0 Å². The molecular weight excluding hydrogens is 314 g/mol. The maximum absolute atomic E-state index is 12.5. The van der Waals surface area contributed by atoms with E-state index in [9.17, 15) is 9.59 Å². The van der Waals surface area contributed by atoms with Crippen molar-refractivity contribution in [2.75, 3.05) is 0 Å². The molecule has 0 aliphatic heterocycles. The van der Waals surface area contributed by atoms with Gasteiger partial charge >= 0.3 is 0 Å². The number of carbonyl (C=O) groups is 1. The number of aryl methyl sites for hydroxylation is 2. The summed E-state index contributed by atoms with van der Waals surface area (Å²) in [5.74, 6) is -0.144. The molecule has 0 spiro atoms. The topological polar surface area (TPSA) is 64.0 Å². The number of aromatic nitrogens is 2. The van der Waals surface area contributed by atoms with Crippen LogP contribution in [0.25, 0.3) is 10.9 Å². The van der Waals surface area contributed by atoms with Crippen LogP contribution in [0.4, 0.5) is 0 Å². The fourth-order valence-electron chi connectivity index (χ4n) is 3.01. The van der Waals surface area contributed by atoms with Gasteiger partial charge in [-0.1, -0.05) is 35.9 Å². The Morgan fingerprint density at radius 2 is 1.96 bits per heavy atom. The van der Waals surface area contributed by atoms with E-state index in [2.05, 4.69) is 28.6 Å². The van der Waals surface area contributed by atoms with Crippen molar-refractivity contribution < 1.29 is 4.79 Å². The maximum Gasteiger partial charge on any atom is 0.242 e. The Morgan fingerprint density at radius 3 is 2.76 bits per heavy atom. The molecule has 0 saturated heterocycles. The predicted molar refractivity (Wildman–Crippen MR) is 98.5 cm³/mol. The molecule has 5 nitrogen and oxygen atoms in total. The van der Waals surface area contributed by atoms with Gasteiger partial charge in [0.15, 0.2) is 0 Å². The Morgan fingerprint density at radius 1 is 1.20 bits per heavy atom. The quantitative estimate of drug-likeness (QED) is 0.797. The molecule has 0 radical (unpaired) electrons. The number of fused-ring (bicyclic) bond motifs is 1. The summed E-state index contributed by atoms with van der Waals surface area (Å²) >= 11 is 0. The van der Waals surface area contributed by atoms with Crippen LogP contribution in [-0.2, 0) is 11.3 Å². The zero-order valence-corrected chi connectivity index (χ0v) is 14.6. The van der Waals surface area contributed by atoms with E-state index >= 15 is 0 Å². The molecule has 1 aromatic heterocycles. The van der Waals surface area contributed by atoms with Gasteiger partial charge in [-0.05, 0) is 44.0 Å². The first-order chi connectivity index (χ1) is 12.0. The van der Waals surface area contributed by atoms with Crippen LogP contribution in [0.3, 0.4) is 0 Å². The lowest BCUT2D eigenvalue weighted by Crippen LogP contribution is -2.31. The minimum absolute atomic E-state index is 0.0655. The van der Waals surface area contributed by atoms with Crippen LogP contribution in [0.5, 0.6) is 0 Å². The normalized spacial score (nSPS) is 12.1. The van der Waals surface area contributed by atoms with E-state index in [1.807, 2.05) is 26.8 Å². The van der Waals surface area contributed by atoms with Crippen molar-refractivity contribution in [2.24, 2.45) is 0 Å². The molecule has 0 fully saturated rings. The number of amides is 1. The fourth-order valence-corrected chi connectivity index (χ4v) is 3.01. The number of rotatable bonds is 4. The lowest BCUT2D eigenvalue weighted by Gasteiger charge is -2.18. The third-order valence-corrected chi connectivity index (χ3v) is 4.33. The first-order valence-electron chi connectivity index (χ1n) is 8.27. The van der Waals surface area contributed by atoms with Crippen LogP contribution < -0.4 is 10.7 Å². The zero-order chi connectivity index (χ0) is 18.0. The van der Waals surface area contributed by atoms with Gasteiger partial charge in [0, 0.05) is 5.39 Å². The summed E-state index contributed by atoms with van der Waals surface area (Å²) in [5.41, 5.74) is 3.92. The van der Waals surface area contributed by atoms with E-state index in [0.29, 0.717) is 10.9 Å². The van der Waals surface area contributed by atoms with Gasteiger partial charge in [0.05, 0.1) is 17.8 Å². The second-order valence-electron chi connectivity index (χ2n) is 6.33. The van der Waals surface area contributed by atoms with Crippen molar-refractivity contribution in [2.45, 2.75) is 33.4 Å². The highest BCUT2D eigenvalue weighted by atomic mass is 16.2. The Bertz CT molecular complexity index is 992. The standard InChI is InChI=1S/C20H21N3O2/c1-13-8-9-14(2)17(10-13)15(3)22-20(25)12-23-18-7-5-4-6-16(18)19(24)11-21-23/h4-11,15H,12H2,1-3H3,(H,22,25). The van der Waals surface area contributed by atoms with Crippen molar-refractivity contribution in [3.05, 3.63) is 75.6 Å². The molecule has 1 N–H and O–H groups in total. The molecule has 1 atom stereocenters. The summed E-state index contributed by atoms with van der Waals surface area (Å²) in [6, 6.07) is 13.3. The number of para-hydroxylation sites is 1. The molecule has 5 heteroatoms. The molecule has 0 aliphatic rings. The highest BCUT2D eigenvalue weighted by molar-refractivity contribution is 5.81. The first-order valence-corrected chi connectivity index (χ1v) is 8.27. The lowest BCUT2D eigenvalue weighted by molar-refractivity contribution is -0.122. The van der Waals surface area contributed by atoms with Crippen molar-refractivity contribution >= 4 is 16.8 Å². The highest BCUT2D eigenvalue weighted by Gasteiger charge is 2.13. The Kier molecular flexibility index (Phi) is 4.65. The third-order valence-electron chi connectivity index (χ3n) is 4.33. The molecule has 0 aliphatic carbocycles. The molecular formula is C20H21N3O2. The zero-order valence-electron chi connectivity index (χ0n) is 14.6. The van der Waals surface area contributed by atoms with Gasteiger partial charge in [-0.3, -0.25) is 14.3 Å². The number of nitrogens with zero attached hydrogens (tertiary/aromatic N) is 2. The van der Waals surface area contributed by atoms with Gasteiger partial charge in [-0.15, -0.1) is 0 Å². The Hall–Kier alpha value is -2.95. The number of hydrogen-bond donors (Lipinski definition) is 1. The molecule has 0 saturated carbocycles. The van der Waals surface area contributed by atoms with Gasteiger partial charge in [-0.2, -0.15) is 5.10 Å². The summed E-state index contributed by atoms with van der Waals surface area (Å²) in [6.45, 7) is 6.11. The molecule has 3 aromatic rings. The van der Waals surface area contributed by atoms with Crippen LogP contribution in [-0.4, -0.2) is 15.7 Å². The number of benzene rings is 2. The van der Waals surface area contributed by atoms with Gasteiger partial charge in [0.2, 0.25) is 11.3 Å². The fraction of sp³-hybridized carbons (Fsp3) is 0.250. The van der Waals surface area contributed by atoms with Crippen LogP contribution in [0.1, 0.15) is 29.7 Å². The summed E-state index contributed by atoms with van der Waals surface area (Å²) in [4.78, 5) is 24.3. The van der Waals surface area contributed by atoms with E-state index in [4.69, 9.17) is 0 Å². The second kappa shape index (κ2) is 6.89. The lowest BCUT2D eigenvalue weighted by atomic mass is 10.00. The van der Waals surface area contributed by atoms with Gasteiger partial charge in [0.25, 0.3) is 0 Å². The minimum Gasteiger partial charge on any atom is -0.348 e. The van der Waals surface area contributed by atoms with Gasteiger partial charge < -0.3 is 5.32 Å². The molecule has 1 unspecified atom stereocenters. The smallest absolute Gasteiger partial charge is 0.242 e. The van der Waals surface area contributed by atoms with Crippen molar-refractivity contribution in [3.63, 3.8) is 0 Å². The van der Waals surface area contributed by atoms with Gasteiger partial charge in [-0.25, -0.2) is 0 Å². The van der Waals surface area contributed by atoms with Crippen molar-refractivity contribution in [3.8, 4) is 0 Å². The van der Waals surface area contributed by atoms with Crippen molar-refractivity contribution in [1.82, 2.24) is 15.1 Å². The number of carbonyl (C=O) groups excluding carboxylic acids is 1. The first kappa shape index (κ1) is 16.9. The molecule has 25 heavy (non-hydrogen) atoms. The largest absolute Gasteiger partial charge is 0.348 e. The van der Waals surface area contributed by atoms with E-state index in [1.165, 1.54) is 6.20 Å². The monoisotopic (exact) mass is 335 g/mol. The average Bonchev–Trinajstić information content (AvgIpc) is 2.59. The van der Waals surface area contributed by atoms with E-state index in [0.717, 1.165) is 16.7 Å². The molecule has 1 heterocycles. The predicted octanol–water partition coefficient (Wildman–Crippen LogP) is 2.89. The van der Waals surface area contributed by atoms with Crippen LogP contribution in [0.2, 0.25) is 0 Å². The average molecular weight is 335 g/mol. The number of hydrogen-bond acceptors (Lipinski definition) is 3. The molecule has 3 rings (SSSR count).